The van der Waals surface area contributed by atoms with Crippen LogP contribution in [0.1, 0.15) is 12.5 Å². The zero-order valence-electron chi connectivity index (χ0n) is 11.6. The number of hydrogen-bond acceptors (Lipinski definition) is 3. The van der Waals surface area contributed by atoms with Gasteiger partial charge in [0.2, 0.25) is 0 Å². The van der Waals surface area contributed by atoms with Crippen LogP contribution >= 0.6 is 11.6 Å². The quantitative estimate of drug-likeness (QED) is 0.868. The van der Waals surface area contributed by atoms with Gasteiger partial charge in [-0.15, -0.1) is 0 Å². The van der Waals surface area contributed by atoms with E-state index in [-0.39, 0.29) is 12.6 Å². The number of benzene rings is 1. The summed E-state index contributed by atoms with van der Waals surface area (Å²) in [6, 6.07) is 7.03. The molecule has 1 saturated heterocycles. The van der Waals surface area contributed by atoms with Crippen LogP contribution in [-0.4, -0.2) is 47.3 Å². The monoisotopic (exact) mass is 312 g/mol. The van der Waals surface area contributed by atoms with E-state index in [1.165, 1.54) is 0 Å². The molecule has 6 nitrogen and oxygen atoms in total. The van der Waals surface area contributed by atoms with Crippen molar-refractivity contribution in [3.05, 3.63) is 34.9 Å². The maximum absolute atomic E-state index is 11.9. The van der Waals surface area contributed by atoms with Crippen molar-refractivity contribution >= 4 is 23.6 Å². The highest BCUT2D eigenvalue weighted by molar-refractivity contribution is 6.30. The third kappa shape index (κ3) is 4.34. The number of nitrogens with one attached hydrogen (secondary N) is 1. The van der Waals surface area contributed by atoms with Crippen molar-refractivity contribution in [2.24, 2.45) is 0 Å². The molecular weight excluding hydrogens is 296 g/mol. The lowest BCUT2D eigenvalue weighted by atomic mass is 9.97. The second-order valence-corrected chi connectivity index (χ2v) is 5.71. The van der Waals surface area contributed by atoms with E-state index in [0.29, 0.717) is 24.7 Å². The number of amides is 2. The first kappa shape index (κ1) is 15.6. The molecule has 0 spiro atoms. The largest absolute Gasteiger partial charge is 0.480 e. The lowest BCUT2D eigenvalue weighted by molar-refractivity contribution is -0.159. The van der Waals surface area contributed by atoms with Gasteiger partial charge in [-0.2, -0.15) is 0 Å². The molecule has 0 aromatic heterocycles. The average Bonchev–Trinajstić information content (AvgIpc) is 2.41. The van der Waals surface area contributed by atoms with Gasteiger partial charge in [0.25, 0.3) is 0 Å². The summed E-state index contributed by atoms with van der Waals surface area (Å²) in [5, 5.41) is 12.0. The van der Waals surface area contributed by atoms with E-state index < -0.39 is 11.6 Å². The molecule has 0 unspecified atom stereocenters. The van der Waals surface area contributed by atoms with Crippen LogP contribution in [0.5, 0.6) is 0 Å². The van der Waals surface area contributed by atoms with E-state index in [2.05, 4.69) is 5.32 Å². The summed E-state index contributed by atoms with van der Waals surface area (Å²) >= 11 is 5.79. The van der Waals surface area contributed by atoms with Gasteiger partial charge in [-0.25, -0.2) is 9.59 Å². The van der Waals surface area contributed by atoms with Crippen LogP contribution < -0.4 is 5.32 Å². The Kier molecular flexibility index (Phi) is 4.69. The fourth-order valence-corrected chi connectivity index (χ4v) is 2.25. The van der Waals surface area contributed by atoms with Gasteiger partial charge in [0.15, 0.2) is 0 Å². The first-order valence-electron chi connectivity index (χ1n) is 6.51. The van der Waals surface area contributed by atoms with Crippen molar-refractivity contribution in [1.29, 1.82) is 0 Å². The molecule has 0 bridgehead atoms. The molecule has 2 rings (SSSR count). The van der Waals surface area contributed by atoms with Gasteiger partial charge in [-0.05, 0) is 24.6 Å². The molecule has 2 amide bonds. The Morgan fingerprint density at radius 1 is 1.38 bits per heavy atom. The van der Waals surface area contributed by atoms with Crippen molar-refractivity contribution in [1.82, 2.24) is 10.2 Å². The molecule has 1 aliphatic rings. The van der Waals surface area contributed by atoms with Crippen LogP contribution in [0.4, 0.5) is 4.79 Å². The van der Waals surface area contributed by atoms with Crippen LogP contribution in [0.15, 0.2) is 24.3 Å². The van der Waals surface area contributed by atoms with Crippen molar-refractivity contribution in [3.8, 4) is 0 Å². The summed E-state index contributed by atoms with van der Waals surface area (Å²) in [5.74, 6) is -1.01. The number of urea groups is 1. The lowest BCUT2D eigenvalue weighted by Gasteiger charge is -2.46. The number of likely N-dealkylation sites (tertiary alicyclic amines) is 1. The van der Waals surface area contributed by atoms with Crippen LogP contribution in [-0.2, 0) is 16.1 Å². The van der Waals surface area contributed by atoms with Crippen LogP contribution in [0.2, 0.25) is 5.02 Å². The van der Waals surface area contributed by atoms with E-state index in [1.54, 1.807) is 24.0 Å². The van der Waals surface area contributed by atoms with Gasteiger partial charge >= 0.3 is 12.0 Å². The maximum atomic E-state index is 11.9. The number of carbonyl (C=O) groups excluding carboxylic acids is 1. The molecule has 114 valence electrons. The summed E-state index contributed by atoms with van der Waals surface area (Å²) in [6.07, 6.45) is 0. The zero-order valence-corrected chi connectivity index (χ0v) is 12.4. The lowest BCUT2D eigenvalue weighted by Crippen LogP contribution is -2.65. The van der Waals surface area contributed by atoms with Crippen LogP contribution in [0.3, 0.4) is 0 Å². The molecule has 1 aliphatic heterocycles. The minimum atomic E-state index is -1.01. The first-order valence-corrected chi connectivity index (χ1v) is 6.89. The molecule has 0 atom stereocenters. The Morgan fingerprint density at radius 2 is 2.00 bits per heavy atom. The number of carboxylic acids is 1. The highest BCUT2D eigenvalue weighted by Crippen LogP contribution is 2.24. The topological polar surface area (TPSA) is 78.9 Å². The minimum Gasteiger partial charge on any atom is -0.480 e. The maximum Gasteiger partial charge on any atom is 0.329 e. The SMILES string of the molecule is CC1(OCC(=O)O)CN(C(=O)NCc2ccc(Cl)cc2)C1. The van der Waals surface area contributed by atoms with Gasteiger partial charge in [0, 0.05) is 11.6 Å². The molecule has 0 radical (unpaired) electrons. The molecule has 1 aromatic rings. The first-order chi connectivity index (χ1) is 9.88. The number of ether oxygens (including phenoxy) is 1. The predicted molar refractivity (Wildman–Crippen MR) is 77.3 cm³/mol. The van der Waals surface area contributed by atoms with E-state index in [1.807, 2.05) is 12.1 Å². The summed E-state index contributed by atoms with van der Waals surface area (Å²) in [6.45, 7) is 2.62. The fraction of sp³-hybridized carbons (Fsp3) is 0.429. The number of carbonyl (C=O) groups is 2. The second kappa shape index (κ2) is 6.32. The normalized spacial score (nSPS) is 16.2. The molecule has 2 N–H and O–H groups in total. The molecule has 1 aromatic carbocycles. The Balaban J connectivity index is 1.73. The highest BCUT2D eigenvalue weighted by Gasteiger charge is 2.42. The van der Waals surface area contributed by atoms with Gasteiger partial charge in [-0.1, -0.05) is 23.7 Å². The summed E-state index contributed by atoms with van der Waals surface area (Å²) in [7, 11) is 0. The van der Waals surface area contributed by atoms with Crippen LogP contribution in [0.25, 0.3) is 0 Å². The zero-order chi connectivity index (χ0) is 15.5. The van der Waals surface area contributed by atoms with E-state index in [9.17, 15) is 9.59 Å². The Bertz CT molecular complexity index is 526. The highest BCUT2D eigenvalue weighted by atomic mass is 35.5. The minimum absolute atomic E-state index is 0.193. The molecule has 7 heteroatoms. The van der Waals surface area contributed by atoms with Gasteiger partial charge in [-0.3, -0.25) is 0 Å². The molecule has 1 fully saturated rings. The average molecular weight is 313 g/mol. The smallest absolute Gasteiger partial charge is 0.329 e. The number of nitrogens with zero attached hydrogens (tertiary/aromatic N) is 1. The molecule has 1 heterocycles. The summed E-state index contributed by atoms with van der Waals surface area (Å²) in [4.78, 5) is 23.9. The van der Waals surface area contributed by atoms with Crippen molar-refractivity contribution in [2.45, 2.75) is 19.1 Å². The molecular formula is C14H17ClN2O4. The number of hydrogen-bond donors (Lipinski definition) is 2. The van der Waals surface area contributed by atoms with E-state index >= 15 is 0 Å². The van der Waals surface area contributed by atoms with Crippen molar-refractivity contribution in [3.63, 3.8) is 0 Å². The fourth-order valence-electron chi connectivity index (χ4n) is 2.12. The van der Waals surface area contributed by atoms with E-state index in [4.69, 9.17) is 21.4 Å². The Morgan fingerprint density at radius 3 is 2.57 bits per heavy atom. The molecule has 0 saturated carbocycles. The molecule has 0 aliphatic carbocycles. The summed E-state index contributed by atoms with van der Waals surface area (Å²) < 4.78 is 5.25. The number of carboxylic acid groups (broad SMARTS) is 1. The third-order valence-corrected chi connectivity index (χ3v) is 3.49. The number of aliphatic carboxylic acids is 1. The second-order valence-electron chi connectivity index (χ2n) is 5.27. The number of rotatable bonds is 5. The van der Waals surface area contributed by atoms with Gasteiger partial charge < -0.3 is 20.1 Å². The standard InChI is InChI=1S/C14H17ClN2O4/c1-14(21-7-12(18)19)8-17(9-14)13(20)16-6-10-2-4-11(15)5-3-10/h2-5H,6-9H2,1H3,(H,16,20)(H,18,19). The van der Waals surface area contributed by atoms with E-state index in [0.717, 1.165) is 5.56 Å². The van der Waals surface area contributed by atoms with Gasteiger partial charge in [0.05, 0.1) is 13.1 Å². The third-order valence-electron chi connectivity index (χ3n) is 3.24. The predicted octanol–water partition coefficient (Wildman–Crippen LogP) is 1.73. The summed E-state index contributed by atoms with van der Waals surface area (Å²) in [5.41, 5.74) is 0.383. The Labute approximate surface area is 127 Å². The van der Waals surface area contributed by atoms with Crippen LogP contribution in [0, 0.1) is 0 Å². The van der Waals surface area contributed by atoms with Crippen molar-refractivity contribution in [2.75, 3.05) is 19.7 Å². The van der Waals surface area contributed by atoms with Crippen molar-refractivity contribution < 1.29 is 19.4 Å². The Hall–Kier alpha value is -1.79. The molecule has 21 heavy (non-hydrogen) atoms. The number of halogens is 1. The van der Waals surface area contributed by atoms with Gasteiger partial charge in [0.1, 0.15) is 12.2 Å².